The number of ether oxygens (including phenoxy) is 1. The van der Waals surface area contributed by atoms with Gasteiger partial charge >= 0.3 is 0 Å². The van der Waals surface area contributed by atoms with Gasteiger partial charge in [0.2, 0.25) is 0 Å². The molecule has 3 nitrogen and oxygen atoms in total. The van der Waals surface area contributed by atoms with E-state index in [9.17, 15) is 0 Å². The van der Waals surface area contributed by atoms with Crippen molar-refractivity contribution in [1.82, 2.24) is 0 Å². The first-order chi connectivity index (χ1) is 11.6. The topological polar surface area (TPSA) is 18.1 Å². The lowest BCUT2D eigenvalue weighted by molar-refractivity contribution is -1.02. The number of nitrogens with one attached hydrogen (secondary N) is 2. The minimum atomic E-state index is 0.904. The lowest BCUT2D eigenvalue weighted by Gasteiger charge is -2.30. The Morgan fingerprint density at radius 1 is 0.917 bits per heavy atom. The normalized spacial score (nSPS) is 20.8. The SMILES string of the molecule is COc1ccc(C[NH+]2CC[NH+](Cc3cccc(C)c3)CC2)cc1Br. The van der Waals surface area contributed by atoms with Crippen LogP contribution in [0.2, 0.25) is 0 Å². The highest BCUT2D eigenvalue weighted by Gasteiger charge is 2.23. The van der Waals surface area contributed by atoms with Crippen LogP contribution in [0, 0.1) is 6.92 Å². The minimum absolute atomic E-state index is 0.904. The fourth-order valence-electron chi connectivity index (χ4n) is 3.53. The highest BCUT2D eigenvalue weighted by atomic mass is 79.9. The molecule has 0 radical (unpaired) electrons. The Labute approximate surface area is 153 Å². The molecule has 0 saturated carbocycles. The van der Waals surface area contributed by atoms with Crippen molar-refractivity contribution in [3.05, 3.63) is 63.6 Å². The molecule has 4 heteroatoms. The summed E-state index contributed by atoms with van der Waals surface area (Å²) in [5, 5.41) is 0. The third-order valence-corrected chi connectivity index (χ3v) is 5.49. The molecule has 2 aromatic carbocycles. The third-order valence-electron chi connectivity index (χ3n) is 4.87. The molecular weight excluding hydrogens is 364 g/mol. The van der Waals surface area contributed by atoms with Gasteiger partial charge in [0, 0.05) is 11.1 Å². The average molecular weight is 391 g/mol. The van der Waals surface area contributed by atoms with E-state index in [4.69, 9.17) is 4.74 Å². The van der Waals surface area contributed by atoms with Crippen LogP contribution in [-0.2, 0) is 13.1 Å². The van der Waals surface area contributed by atoms with Crippen molar-refractivity contribution in [1.29, 1.82) is 0 Å². The van der Waals surface area contributed by atoms with Gasteiger partial charge < -0.3 is 14.5 Å². The van der Waals surface area contributed by atoms with Crippen molar-refractivity contribution >= 4 is 15.9 Å². The lowest BCUT2D eigenvalue weighted by atomic mass is 10.1. The highest BCUT2D eigenvalue weighted by Crippen LogP contribution is 2.25. The van der Waals surface area contributed by atoms with Crippen LogP contribution in [-0.4, -0.2) is 33.3 Å². The van der Waals surface area contributed by atoms with Gasteiger partial charge in [-0.3, -0.25) is 0 Å². The predicted molar refractivity (Wildman–Crippen MR) is 101 cm³/mol. The molecule has 128 valence electrons. The molecule has 0 unspecified atom stereocenters. The second kappa shape index (κ2) is 8.15. The largest absolute Gasteiger partial charge is 0.496 e. The zero-order valence-corrected chi connectivity index (χ0v) is 16.2. The summed E-state index contributed by atoms with van der Waals surface area (Å²) < 4.78 is 6.36. The molecule has 0 spiro atoms. The van der Waals surface area contributed by atoms with E-state index in [-0.39, 0.29) is 0 Å². The molecule has 0 aromatic heterocycles. The first-order valence-corrected chi connectivity index (χ1v) is 9.48. The van der Waals surface area contributed by atoms with Crippen LogP contribution in [0.3, 0.4) is 0 Å². The van der Waals surface area contributed by atoms with Gasteiger partial charge in [0.25, 0.3) is 0 Å². The highest BCUT2D eigenvalue weighted by molar-refractivity contribution is 9.10. The number of rotatable bonds is 5. The molecule has 2 N–H and O–H groups in total. The monoisotopic (exact) mass is 390 g/mol. The van der Waals surface area contributed by atoms with E-state index < -0.39 is 0 Å². The number of piperazine rings is 1. The average Bonchev–Trinajstić information content (AvgIpc) is 2.57. The van der Waals surface area contributed by atoms with E-state index in [2.05, 4.69) is 65.3 Å². The number of methoxy groups -OCH3 is 1. The van der Waals surface area contributed by atoms with Crippen LogP contribution in [0.4, 0.5) is 0 Å². The zero-order valence-electron chi connectivity index (χ0n) is 14.6. The van der Waals surface area contributed by atoms with Crippen molar-refractivity contribution < 1.29 is 14.5 Å². The number of benzene rings is 2. The van der Waals surface area contributed by atoms with E-state index in [1.54, 1.807) is 16.9 Å². The molecule has 24 heavy (non-hydrogen) atoms. The number of halogens is 1. The van der Waals surface area contributed by atoms with Crippen molar-refractivity contribution in [2.24, 2.45) is 0 Å². The quantitative estimate of drug-likeness (QED) is 0.785. The fraction of sp³-hybridized carbons (Fsp3) is 0.400. The molecule has 1 saturated heterocycles. The van der Waals surface area contributed by atoms with Crippen molar-refractivity contribution in [2.45, 2.75) is 20.0 Å². The van der Waals surface area contributed by atoms with Crippen molar-refractivity contribution in [2.75, 3.05) is 33.3 Å². The number of hydrogen-bond acceptors (Lipinski definition) is 1. The standard InChI is InChI=1S/C20H25BrN2O/c1-16-4-3-5-17(12-16)14-22-8-10-23(11-9-22)15-18-6-7-20(24-2)19(21)13-18/h3-7,12-13H,8-11,14-15H2,1-2H3/p+2. The summed E-state index contributed by atoms with van der Waals surface area (Å²) in [7, 11) is 1.71. The Balaban J connectivity index is 1.51. The van der Waals surface area contributed by atoms with E-state index in [1.165, 1.54) is 42.9 Å². The number of aryl methyl sites for hydroxylation is 1. The van der Waals surface area contributed by atoms with Crippen LogP contribution in [0.5, 0.6) is 5.75 Å². The van der Waals surface area contributed by atoms with Crippen LogP contribution >= 0.6 is 15.9 Å². The summed E-state index contributed by atoms with van der Waals surface area (Å²) in [6, 6.07) is 15.4. The van der Waals surface area contributed by atoms with Crippen LogP contribution in [0.25, 0.3) is 0 Å². The third kappa shape index (κ3) is 4.59. The molecule has 1 fully saturated rings. The maximum absolute atomic E-state index is 5.31. The van der Waals surface area contributed by atoms with Crippen molar-refractivity contribution in [3.63, 3.8) is 0 Å². The second-order valence-electron chi connectivity index (χ2n) is 6.81. The van der Waals surface area contributed by atoms with Crippen LogP contribution in [0.1, 0.15) is 16.7 Å². The van der Waals surface area contributed by atoms with Crippen LogP contribution in [0.15, 0.2) is 46.9 Å². The van der Waals surface area contributed by atoms with Crippen LogP contribution < -0.4 is 14.5 Å². The summed E-state index contributed by atoms with van der Waals surface area (Å²) in [5.41, 5.74) is 4.20. The van der Waals surface area contributed by atoms with Gasteiger partial charge in [0.1, 0.15) is 45.0 Å². The molecule has 0 atom stereocenters. The smallest absolute Gasteiger partial charge is 0.133 e. The van der Waals surface area contributed by atoms with Gasteiger partial charge in [0.05, 0.1) is 11.6 Å². The first kappa shape index (κ1) is 17.5. The molecule has 1 heterocycles. The van der Waals surface area contributed by atoms with E-state index >= 15 is 0 Å². The van der Waals surface area contributed by atoms with Gasteiger partial charge in [-0.1, -0.05) is 29.8 Å². The molecule has 3 rings (SSSR count). The van der Waals surface area contributed by atoms with E-state index in [0.29, 0.717) is 0 Å². The van der Waals surface area contributed by atoms with Gasteiger partial charge in [-0.2, -0.15) is 0 Å². The molecule has 1 aliphatic heterocycles. The Morgan fingerprint density at radius 3 is 2.08 bits per heavy atom. The lowest BCUT2D eigenvalue weighted by Crippen LogP contribution is -3.27. The summed E-state index contributed by atoms with van der Waals surface area (Å²) in [6.45, 7) is 9.41. The molecule has 1 aliphatic rings. The molecule has 2 aromatic rings. The number of quaternary nitrogens is 2. The van der Waals surface area contributed by atoms with Gasteiger partial charge in [-0.05, 0) is 41.1 Å². The summed E-state index contributed by atoms with van der Waals surface area (Å²) in [4.78, 5) is 3.39. The van der Waals surface area contributed by atoms with Gasteiger partial charge in [-0.25, -0.2) is 0 Å². The molecule has 0 aliphatic carbocycles. The molecule has 0 bridgehead atoms. The Bertz CT molecular complexity index is 681. The zero-order chi connectivity index (χ0) is 16.9. The molecular formula is C20H27BrN2O+2. The first-order valence-electron chi connectivity index (χ1n) is 8.69. The Hall–Kier alpha value is -1.36. The van der Waals surface area contributed by atoms with Crippen molar-refractivity contribution in [3.8, 4) is 5.75 Å². The maximum atomic E-state index is 5.31. The second-order valence-corrected chi connectivity index (χ2v) is 7.67. The van der Waals surface area contributed by atoms with E-state index in [0.717, 1.165) is 23.3 Å². The Morgan fingerprint density at radius 2 is 1.54 bits per heavy atom. The predicted octanol–water partition coefficient (Wildman–Crippen LogP) is 1.25. The van der Waals surface area contributed by atoms with Gasteiger partial charge in [-0.15, -0.1) is 0 Å². The summed E-state index contributed by atoms with van der Waals surface area (Å²) in [5.74, 6) is 0.904. The summed E-state index contributed by atoms with van der Waals surface area (Å²) >= 11 is 3.59. The fourth-order valence-corrected chi connectivity index (χ4v) is 4.12. The van der Waals surface area contributed by atoms with Gasteiger partial charge in [0.15, 0.2) is 0 Å². The minimum Gasteiger partial charge on any atom is -0.496 e. The van der Waals surface area contributed by atoms with E-state index in [1.807, 2.05) is 0 Å². The maximum Gasteiger partial charge on any atom is 0.133 e. The summed E-state index contributed by atoms with van der Waals surface area (Å²) in [6.07, 6.45) is 0. The number of hydrogen-bond donors (Lipinski definition) is 2. The Kier molecular flexibility index (Phi) is 5.93. The molecule has 0 amide bonds.